The van der Waals surface area contributed by atoms with Gasteiger partial charge in [0.1, 0.15) is 0 Å². The molecular formula is C17H22N2O6S. The number of carboxylic acid groups (broad SMARTS) is 1. The van der Waals surface area contributed by atoms with Crippen molar-refractivity contribution < 1.29 is 27.9 Å². The van der Waals surface area contributed by atoms with E-state index in [1.165, 1.54) is 21.3 Å². The average molecular weight is 382 g/mol. The standard InChI is InChI=1S/C17H22N2O6S/c20-16(18-9-10-25-15(12-18)17(21)22)13-5-4-6-14(11-13)26(23,24)19-7-2-1-3-8-19/h4-6,11,15H,1-3,7-10,12H2,(H,21,22). The highest BCUT2D eigenvalue weighted by Crippen LogP contribution is 2.22. The van der Waals surface area contributed by atoms with Gasteiger partial charge in [-0.1, -0.05) is 12.5 Å². The highest BCUT2D eigenvalue weighted by atomic mass is 32.2. The molecule has 2 aliphatic heterocycles. The zero-order valence-corrected chi connectivity index (χ0v) is 15.2. The van der Waals surface area contributed by atoms with Crippen LogP contribution in [0, 0.1) is 0 Å². The lowest BCUT2D eigenvalue weighted by Gasteiger charge is -2.31. The van der Waals surface area contributed by atoms with Gasteiger partial charge in [0.2, 0.25) is 10.0 Å². The van der Waals surface area contributed by atoms with Crippen LogP contribution in [0.2, 0.25) is 0 Å². The first-order valence-corrected chi connectivity index (χ1v) is 10.1. The minimum atomic E-state index is -3.63. The van der Waals surface area contributed by atoms with E-state index in [2.05, 4.69) is 0 Å². The molecule has 26 heavy (non-hydrogen) atoms. The van der Waals surface area contributed by atoms with Crippen molar-refractivity contribution in [3.05, 3.63) is 29.8 Å². The quantitative estimate of drug-likeness (QED) is 0.826. The summed E-state index contributed by atoms with van der Waals surface area (Å²) in [6, 6.07) is 5.94. The number of aliphatic carboxylic acids is 1. The largest absolute Gasteiger partial charge is 0.479 e. The van der Waals surface area contributed by atoms with Gasteiger partial charge in [-0.2, -0.15) is 4.31 Å². The van der Waals surface area contributed by atoms with E-state index < -0.39 is 28.0 Å². The summed E-state index contributed by atoms with van der Waals surface area (Å²) in [5.41, 5.74) is 0.231. The molecule has 2 aliphatic rings. The Labute approximate surface area is 152 Å². The number of amides is 1. The topological polar surface area (TPSA) is 104 Å². The fourth-order valence-electron chi connectivity index (χ4n) is 3.21. The van der Waals surface area contributed by atoms with Crippen molar-refractivity contribution in [3.8, 4) is 0 Å². The minimum Gasteiger partial charge on any atom is -0.479 e. The smallest absolute Gasteiger partial charge is 0.334 e. The molecule has 0 saturated carbocycles. The van der Waals surface area contributed by atoms with Gasteiger partial charge in [0, 0.05) is 25.2 Å². The zero-order chi connectivity index (χ0) is 18.7. The number of nitrogens with zero attached hydrogens (tertiary/aromatic N) is 2. The maximum Gasteiger partial charge on any atom is 0.334 e. The number of benzene rings is 1. The van der Waals surface area contributed by atoms with Crippen LogP contribution in [0.5, 0.6) is 0 Å². The molecule has 1 unspecified atom stereocenters. The van der Waals surface area contributed by atoms with Crippen molar-refractivity contribution in [1.29, 1.82) is 0 Å². The Morgan fingerprint density at radius 1 is 1.12 bits per heavy atom. The first-order valence-electron chi connectivity index (χ1n) is 8.63. The summed E-state index contributed by atoms with van der Waals surface area (Å²) in [7, 11) is -3.63. The maximum absolute atomic E-state index is 12.8. The van der Waals surface area contributed by atoms with Gasteiger partial charge in [0.25, 0.3) is 5.91 Å². The Morgan fingerprint density at radius 3 is 2.54 bits per heavy atom. The van der Waals surface area contributed by atoms with Crippen LogP contribution in [0.3, 0.4) is 0 Å². The number of ether oxygens (including phenoxy) is 1. The van der Waals surface area contributed by atoms with E-state index in [0.717, 1.165) is 19.3 Å². The van der Waals surface area contributed by atoms with Crippen LogP contribution in [-0.2, 0) is 19.6 Å². The van der Waals surface area contributed by atoms with E-state index in [9.17, 15) is 18.0 Å². The highest BCUT2D eigenvalue weighted by molar-refractivity contribution is 7.89. The Hall–Kier alpha value is -1.97. The molecule has 3 rings (SSSR count). The van der Waals surface area contributed by atoms with Gasteiger partial charge in [-0.25, -0.2) is 13.2 Å². The van der Waals surface area contributed by atoms with E-state index >= 15 is 0 Å². The summed E-state index contributed by atoms with van der Waals surface area (Å²) in [6.07, 6.45) is 1.63. The fourth-order valence-corrected chi connectivity index (χ4v) is 4.77. The minimum absolute atomic E-state index is 0.0583. The molecule has 0 radical (unpaired) electrons. The van der Waals surface area contributed by atoms with Gasteiger partial charge < -0.3 is 14.7 Å². The second kappa shape index (κ2) is 7.73. The normalized spacial score (nSPS) is 22.2. The summed E-state index contributed by atoms with van der Waals surface area (Å²) in [5, 5.41) is 9.06. The number of hydrogen-bond donors (Lipinski definition) is 1. The van der Waals surface area contributed by atoms with Crippen LogP contribution >= 0.6 is 0 Å². The van der Waals surface area contributed by atoms with E-state index in [4.69, 9.17) is 9.84 Å². The SMILES string of the molecule is O=C(O)C1CN(C(=O)c2cccc(S(=O)(=O)N3CCCCC3)c2)CCO1. The lowest BCUT2D eigenvalue weighted by molar-refractivity contribution is -0.154. The van der Waals surface area contributed by atoms with Crippen LogP contribution in [0.25, 0.3) is 0 Å². The van der Waals surface area contributed by atoms with Crippen molar-refractivity contribution in [2.75, 3.05) is 32.8 Å². The first-order chi connectivity index (χ1) is 12.4. The third-order valence-electron chi connectivity index (χ3n) is 4.66. The molecule has 1 atom stereocenters. The molecule has 2 fully saturated rings. The molecule has 0 aliphatic carbocycles. The molecule has 0 spiro atoms. The number of carbonyl (C=O) groups is 2. The molecule has 9 heteroatoms. The summed E-state index contributed by atoms with van der Waals surface area (Å²) >= 11 is 0. The van der Waals surface area contributed by atoms with Gasteiger partial charge >= 0.3 is 5.97 Å². The van der Waals surface area contributed by atoms with Gasteiger partial charge in [-0.3, -0.25) is 4.79 Å². The lowest BCUT2D eigenvalue weighted by Crippen LogP contribution is -2.48. The predicted octanol–water partition coefficient (Wildman–Crippen LogP) is 0.787. The Kier molecular flexibility index (Phi) is 5.59. The highest BCUT2D eigenvalue weighted by Gasteiger charge is 2.31. The van der Waals surface area contributed by atoms with Gasteiger partial charge in [-0.15, -0.1) is 0 Å². The number of rotatable bonds is 4. The van der Waals surface area contributed by atoms with Crippen LogP contribution in [0.1, 0.15) is 29.6 Å². The van der Waals surface area contributed by atoms with Gasteiger partial charge in [-0.05, 0) is 31.0 Å². The second-order valence-corrected chi connectivity index (χ2v) is 8.38. The maximum atomic E-state index is 12.8. The Balaban J connectivity index is 1.80. The molecule has 1 N–H and O–H groups in total. The fraction of sp³-hybridized carbons (Fsp3) is 0.529. The van der Waals surface area contributed by atoms with Crippen molar-refractivity contribution in [2.45, 2.75) is 30.3 Å². The third-order valence-corrected chi connectivity index (χ3v) is 6.56. The molecule has 2 saturated heterocycles. The second-order valence-electron chi connectivity index (χ2n) is 6.44. The number of piperidine rings is 1. The molecular weight excluding hydrogens is 360 g/mol. The molecule has 0 aromatic heterocycles. The number of carbonyl (C=O) groups excluding carboxylic acids is 1. The van der Waals surface area contributed by atoms with Crippen LogP contribution < -0.4 is 0 Å². The Morgan fingerprint density at radius 2 is 1.85 bits per heavy atom. The third kappa shape index (κ3) is 3.89. The molecule has 8 nitrogen and oxygen atoms in total. The zero-order valence-electron chi connectivity index (χ0n) is 14.3. The van der Waals surface area contributed by atoms with Crippen molar-refractivity contribution in [2.24, 2.45) is 0 Å². The van der Waals surface area contributed by atoms with Gasteiger partial charge in [0.05, 0.1) is 18.0 Å². The van der Waals surface area contributed by atoms with E-state index in [0.29, 0.717) is 13.1 Å². The van der Waals surface area contributed by atoms with Crippen LogP contribution in [0.15, 0.2) is 29.2 Å². The molecule has 1 aromatic carbocycles. The monoisotopic (exact) mass is 382 g/mol. The summed E-state index contributed by atoms with van der Waals surface area (Å²) in [6.45, 7) is 1.33. The number of sulfonamides is 1. The first kappa shape index (κ1) is 18.8. The number of carboxylic acids is 1. The van der Waals surface area contributed by atoms with E-state index in [1.54, 1.807) is 12.1 Å². The summed E-state index contributed by atoms with van der Waals surface area (Å²) in [5.74, 6) is -1.51. The average Bonchev–Trinajstić information content (AvgIpc) is 2.68. The predicted molar refractivity (Wildman–Crippen MR) is 92.3 cm³/mol. The molecule has 1 aromatic rings. The van der Waals surface area contributed by atoms with Crippen LogP contribution in [0.4, 0.5) is 0 Å². The molecule has 0 bridgehead atoms. The Bertz CT molecular complexity index is 788. The number of hydrogen-bond acceptors (Lipinski definition) is 5. The van der Waals surface area contributed by atoms with Crippen molar-refractivity contribution >= 4 is 21.9 Å². The number of morpholine rings is 1. The summed E-state index contributed by atoms with van der Waals surface area (Å²) < 4.78 is 32.1. The van der Waals surface area contributed by atoms with Crippen molar-refractivity contribution in [1.82, 2.24) is 9.21 Å². The molecule has 142 valence electrons. The summed E-state index contributed by atoms with van der Waals surface area (Å²) in [4.78, 5) is 25.2. The van der Waals surface area contributed by atoms with Crippen molar-refractivity contribution in [3.63, 3.8) is 0 Å². The van der Waals surface area contributed by atoms with Gasteiger partial charge in [0.15, 0.2) is 6.10 Å². The van der Waals surface area contributed by atoms with Crippen LogP contribution in [-0.4, -0.2) is 73.5 Å². The molecule has 1 amide bonds. The lowest BCUT2D eigenvalue weighted by atomic mass is 10.1. The van der Waals surface area contributed by atoms with E-state index in [-0.39, 0.29) is 30.2 Å². The molecule has 2 heterocycles. The van der Waals surface area contributed by atoms with E-state index in [1.807, 2.05) is 0 Å².